The Kier molecular flexibility index (Phi) is 13.8. The van der Waals surface area contributed by atoms with Crippen molar-refractivity contribution in [3.8, 4) is 0 Å². The van der Waals surface area contributed by atoms with Crippen LogP contribution in [0, 0.1) is 0 Å². The lowest BCUT2D eigenvalue weighted by molar-refractivity contribution is -0.483. The van der Waals surface area contributed by atoms with Crippen LogP contribution < -0.4 is 0 Å². The fourth-order valence-corrected chi connectivity index (χ4v) is 0.101. The van der Waals surface area contributed by atoms with E-state index in [0.717, 1.165) is 0 Å². The topological polar surface area (TPSA) is 85.2 Å². The first-order chi connectivity index (χ1) is 5.18. The van der Waals surface area contributed by atoms with Crippen LogP contribution in [0.3, 0.4) is 0 Å². The molecular formula is C5H12O6. The first-order valence-corrected chi connectivity index (χ1v) is 2.98. The van der Waals surface area contributed by atoms with Gasteiger partial charge < -0.3 is 10.2 Å². The quantitative estimate of drug-likeness (QED) is 0.364. The maximum atomic E-state index is 9.45. The van der Waals surface area contributed by atoms with Crippen molar-refractivity contribution in [2.24, 2.45) is 0 Å². The summed E-state index contributed by atoms with van der Waals surface area (Å²) in [7, 11) is 0. The predicted octanol–water partition coefficient (Wildman–Crippen LogP) is 0.563. The highest BCUT2D eigenvalue weighted by atomic mass is 17.5. The molecule has 0 radical (unpaired) electrons. The summed E-state index contributed by atoms with van der Waals surface area (Å²) in [4.78, 5) is 17.0. The molecule has 6 heteroatoms. The van der Waals surface area contributed by atoms with E-state index >= 15 is 0 Å². The molecule has 0 heterocycles. The lowest BCUT2D eigenvalue weighted by Gasteiger charge is -1.93. The van der Waals surface area contributed by atoms with Crippen molar-refractivity contribution in [2.45, 2.75) is 13.8 Å². The molecule has 0 rings (SSSR count). The van der Waals surface area contributed by atoms with E-state index in [1.54, 1.807) is 13.8 Å². The largest absolute Gasteiger partial charge is 0.540 e. The number of rotatable bonds is 3. The average Bonchev–Trinajstić information content (AvgIpc) is 1.89. The van der Waals surface area contributed by atoms with Crippen molar-refractivity contribution >= 4 is 6.16 Å². The summed E-state index contributed by atoms with van der Waals surface area (Å²) < 4.78 is 0. The molecule has 0 bridgehead atoms. The first kappa shape index (κ1) is 12.8. The van der Waals surface area contributed by atoms with Gasteiger partial charge in [0, 0.05) is 6.61 Å². The van der Waals surface area contributed by atoms with Crippen LogP contribution >= 0.6 is 0 Å². The molecule has 11 heavy (non-hydrogen) atoms. The van der Waals surface area contributed by atoms with Crippen LogP contribution in [0.15, 0.2) is 0 Å². The molecule has 0 atom stereocenters. The molecule has 0 aliphatic carbocycles. The second-order valence-electron chi connectivity index (χ2n) is 1.14. The number of carbonyl (C=O) groups is 1. The smallest absolute Gasteiger partial charge is 0.448 e. The van der Waals surface area contributed by atoms with Gasteiger partial charge in [0.05, 0.1) is 6.61 Å². The van der Waals surface area contributed by atoms with E-state index in [0.29, 0.717) is 0 Å². The van der Waals surface area contributed by atoms with Crippen molar-refractivity contribution in [1.29, 1.82) is 0 Å². The summed E-state index contributed by atoms with van der Waals surface area (Å²) in [6.45, 7) is 3.80. The van der Waals surface area contributed by atoms with Gasteiger partial charge in [-0.15, -0.1) is 0 Å². The molecule has 0 aromatic rings. The second kappa shape index (κ2) is 11.9. The molecular weight excluding hydrogens is 156 g/mol. The van der Waals surface area contributed by atoms with Gasteiger partial charge in [-0.25, -0.2) is 9.68 Å². The normalized spacial score (nSPS) is 7.91. The maximum absolute atomic E-state index is 9.45. The Morgan fingerprint density at radius 3 is 2.18 bits per heavy atom. The molecule has 68 valence electrons. The second-order valence-corrected chi connectivity index (χ2v) is 1.14. The highest BCUT2D eigenvalue weighted by molar-refractivity contribution is 5.55. The van der Waals surface area contributed by atoms with Gasteiger partial charge in [-0.05, 0) is 18.9 Å². The lowest BCUT2D eigenvalue weighted by Crippen LogP contribution is -2.01. The molecule has 6 nitrogen and oxygen atoms in total. The SMILES string of the molecule is CCO.CCOOOC(=O)O. The van der Waals surface area contributed by atoms with E-state index in [4.69, 9.17) is 10.2 Å². The van der Waals surface area contributed by atoms with Gasteiger partial charge >= 0.3 is 6.16 Å². The fraction of sp³-hybridized carbons (Fsp3) is 0.800. The van der Waals surface area contributed by atoms with E-state index in [1.165, 1.54) is 0 Å². The third-order valence-corrected chi connectivity index (χ3v) is 0.271. The molecule has 0 amide bonds. The van der Waals surface area contributed by atoms with Crippen LogP contribution in [-0.4, -0.2) is 29.6 Å². The minimum atomic E-state index is -1.53. The third-order valence-electron chi connectivity index (χ3n) is 0.271. The standard InChI is InChI=1S/C3H6O5.C2H6O/c1-2-6-8-7-3(4)5;1-2-3/h2H2,1H3,(H,4,5);3H,2H2,1H3. The van der Waals surface area contributed by atoms with E-state index in [1.807, 2.05) is 0 Å². The van der Waals surface area contributed by atoms with Crippen LogP contribution in [-0.2, 0) is 14.8 Å². The Morgan fingerprint density at radius 2 is 1.91 bits per heavy atom. The molecule has 0 fully saturated rings. The van der Waals surface area contributed by atoms with Gasteiger partial charge in [0.2, 0.25) is 0 Å². The minimum absolute atomic E-state index is 0.243. The molecule has 0 spiro atoms. The van der Waals surface area contributed by atoms with Crippen LogP contribution in [0.1, 0.15) is 13.8 Å². The summed E-state index contributed by atoms with van der Waals surface area (Å²) in [6.07, 6.45) is -1.53. The zero-order valence-electron chi connectivity index (χ0n) is 6.44. The maximum Gasteiger partial charge on any atom is 0.540 e. The first-order valence-electron chi connectivity index (χ1n) is 2.98. The fourth-order valence-electron chi connectivity index (χ4n) is 0.101. The van der Waals surface area contributed by atoms with Crippen LogP contribution in [0.4, 0.5) is 4.79 Å². The molecule has 0 aromatic carbocycles. The highest BCUT2D eigenvalue weighted by Gasteiger charge is 1.94. The lowest BCUT2D eigenvalue weighted by atomic mass is 10.9. The van der Waals surface area contributed by atoms with Gasteiger partial charge in [0.15, 0.2) is 0 Å². The van der Waals surface area contributed by atoms with E-state index in [9.17, 15) is 4.79 Å². The van der Waals surface area contributed by atoms with Gasteiger partial charge in [0.1, 0.15) is 0 Å². The molecule has 0 saturated carbocycles. The number of aliphatic hydroxyl groups is 1. The summed E-state index contributed by atoms with van der Waals surface area (Å²) in [5.74, 6) is 0. The van der Waals surface area contributed by atoms with E-state index < -0.39 is 6.16 Å². The Bertz CT molecular complexity index is 83.0. The van der Waals surface area contributed by atoms with Gasteiger partial charge in [-0.1, -0.05) is 0 Å². The van der Waals surface area contributed by atoms with Gasteiger partial charge in [0.25, 0.3) is 0 Å². The molecule has 2 N–H and O–H groups in total. The van der Waals surface area contributed by atoms with E-state index in [-0.39, 0.29) is 13.2 Å². The number of hydrogen-bond donors (Lipinski definition) is 2. The van der Waals surface area contributed by atoms with Crippen molar-refractivity contribution in [3.63, 3.8) is 0 Å². The Hall–Kier alpha value is -0.850. The monoisotopic (exact) mass is 168 g/mol. The van der Waals surface area contributed by atoms with Crippen LogP contribution in [0.5, 0.6) is 0 Å². The molecule has 0 saturated heterocycles. The van der Waals surface area contributed by atoms with Crippen molar-refractivity contribution in [1.82, 2.24) is 0 Å². The Labute approximate surface area is 64.2 Å². The number of hydrogen-bond acceptors (Lipinski definition) is 5. The van der Waals surface area contributed by atoms with Crippen LogP contribution in [0.2, 0.25) is 0 Å². The van der Waals surface area contributed by atoms with Crippen LogP contribution in [0.25, 0.3) is 0 Å². The zero-order valence-corrected chi connectivity index (χ0v) is 6.44. The Balaban J connectivity index is 0. The highest BCUT2D eigenvalue weighted by Crippen LogP contribution is 1.79. The molecule has 0 aliphatic rings. The molecule has 0 aliphatic heterocycles. The minimum Gasteiger partial charge on any atom is -0.448 e. The van der Waals surface area contributed by atoms with Crippen molar-refractivity contribution in [2.75, 3.05) is 13.2 Å². The van der Waals surface area contributed by atoms with Crippen molar-refractivity contribution < 1.29 is 29.8 Å². The Morgan fingerprint density at radius 1 is 1.45 bits per heavy atom. The van der Waals surface area contributed by atoms with E-state index in [2.05, 4.69) is 14.8 Å². The van der Waals surface area contributed by atoms with Crippen molar-refractivity contribution in [3.05, 3.63) is 0 Å². The molecule has 0 unspecified atom stereocenters. The van der Waals surface area contributed by atoms with Gasteiger partial charge in [-0.3, -0.25) is 0 Å². The zero-order chi connectivity index (χ0) is 9.11. The summed E-state index contributed by atoms with van der Waals surface area (Å²) >= 11 is 0. The van der Waals surface area contributed by atoms with Gasteiger partial charge in [-0.2, -0.15) is 4.89 Å². The summed E-state index contributed by atoms with van der Waals surface area (Å²) in [5.41, 5.74) is 0. The number of carboxylic acid groups (broad SMARTS) is 1. The summed E-state index contributed by atoms with van der Waals surface area (Å²) in [6, 6.07) is 0. The third kappa shape index (κ3) is 27.2. The average molecular weight is 168 g/mol. The number of aliphatic hydroxyl groups excluding tert-OH is 1. The predicted molar refractivity (Wildman–Crippen MR) is 34.6 cm³/mol. The molecule has 0 aromatic heterocycles. The summed E-state index contributed by atoms with van der Waals surface area (Å²) in [5, 5.41) is 18.9.